The smallest absolute Gasteiger partial charge is 0.212 e. The first kappa shape index (κ1) is 19.0. The standard InChI is InChI=1S/C22H14Cl2N4O/c1-29-21-5-2-13(10-26-21)14-8-18-19(12-28-22(18)27-11-14)16(6-7-25)17-4-3-15(23)9-20(17)24/h2-6,8-12H,1H3,(H,27,28)/b16-6+. The average molecular weight is 421 g/mol. The van der Waals surface area contributed by atoms with E-state index in [1.165, 1.54) is 6.08 Å². The molecule has 3 heterocycles. The summed E-state index contributed by atoms with van der Waals surface area (Å²) in [6.07, 6.45) is 6.80. The van der Waals surface area contributed by atoms with E-state index in [-0.39, 0.29) is 0 Å². The molecule has 0 saturated heterocycles. The van der Waals surface area contributed by atoms with Crippen LogP contribution < -0.4 is 4.74 Å². The number of pyridine rings is 2. The largest absolute Gasteiger partial charge is 0.481 e. The lowest BCUT2D eigenvalue weighted by Gasteiger charge is -2.09. The van der Waals surface area contributed by atoms with E-state index in [1.807, 2.05) is 18.3 Å². The van der Waals surface area contributed by atoms with E-state index in [2.05, 4.69) is 21.0 Å². The molecule has 0 atom stereocenters. The second kappa shape index (κ2) is 7.96. The van der Waals surface area contributed by atoms with Crippen molar-refractivity contribution in [2.45, 2.75) is 0 Å². The van der Waals surface area contributed by atoms with Crippen molar-refractivity contribution in [1.82, 2.24) is 15.0 Å². The van der Waals surface area contributed by atoms with Crippen molar-refractivity contribution in [3.63, 3.8) is 0 Å². The number of halogens is 2. The molecule has 1 N–H and O–H groups in total. The summed E-state index contributed by atoms with van der Waals surface area (Å²) >= 11 is 12.4. The molecule has 0 unspecified atom stereocenters. The van der Waals surface area contributed by atoms with Gasteiger partial charge in [-0.25, -0.2) is 9.97 Å². The Morgan fingerprint density at radius 3 is 2.59 bits per heavy atom. The highest BCUT2D eigenvalue weighted by molar-refractivity contribution is 6.36. The number of benzene rings is 1. The van der Waals surface area contributed by atoms with Gasteiger partial charge in [0.15, 0.2) is 0 Å². The first-order chi connectivity index (χ1) is 14.1. The Hall–Kier alpha value is -3.33. The van der Waals surface area contributed by atoms with Crippen molar-refractivity contribution in [2.75, 3.05) is 7.11 Å². The summed E-state index contributed by atoms with van der Waals surface area (Å²) in [7, 11) is 1.58. The highest BCUT2D eigenvalue weighted by atomic mass is 35.5. The summed E-state index contributed by atoms with van der Waals surface area (Å²) in [5.74, 6) is 0.543. The van der Waals surface area contributed by atoms with Gasteiger partial charge in [-0.05, 0) is 24.3 Å². The molecule has 4 aromatic rings. The first-order valence-electron chi connectivity index (χ1n) is 8.64. The van der Waals surface area contributed by atoms with Gasteiger partial charge in [0.25, 0.3) is 0 Å². The van der Waals surface area contributed by atoms with Crippen LogP contribution in [0.3, 0.4) is 0 Å². The maximum absolute atomic E-state index is 9.35. The summed E-state index contributed by atoms with van der Waals surface area (Å²) < 4.78 is 5.12. The molecule has 0 amide bonds. The molecule has 7 heteroatoms. The van der Waals surface area contributed by atoms with Crippen molar-refractivity contribution >= 4 is 39.8 Å². The Morgan fingerprint density at radius 1 is 1.07 bits per heavy atom. The van der Waals surface area contributed by atoms with Crippen LogP contribution in [-0.4, -0.2) is 22.1 Å². The number of aromatic amines is 1. The zero-order valence-electron chi connectivity index (χ0n) is 15.3. The number of hydrogen-bond donors (Lipinski definition) is 1. The van der Waals surface area contributed by atoms with Gasteiger partial charge in [0.2, 0.25) is 5.88 Å². The number of H-pyrrole nitrogens is 1. The third-order valence-electron chi connectivity index (χ3n) is 4.53. The molecule has 0 bridgehead atoms. The molecule has 0 aliphatic heterocycles. The fourth-order valence-electron chi connectivity index (χ4n) is 3.13. The molecule has 29 heavy (non-hydrogen) atoms. The zero-order valence-corrected chi connectivity index (χ0v) is 16.8. The van der Waals surface area contributed by atoms with Crippen LogP contribution in [0, 0.1) is 11.3 Å². The fourth-order valence-corrected chi connectivity index (χ4v) is 3.64. The number of aromatic nitrogens is 3. The molecule has 0 radical (unpaired) electrons. The van der Waals surface area contributed by atoms with Gasteiger partial charge in [-0.15, -0.1) is 0 Å². The molecule has 142 valence electrons. The van der Waals surface area contributed by atoms with Gasteiger partial charge in [0.05, 0.1) is 13.2 Å². The lowest BCUT2D eigenvalue weighted by atomic mass is 9.96. The number of nitrogens with zero attached hydrogens (tertiary/aromatic N) is 3. The van der Waals surface area contributed by atoms with E-state index < -0.39 is 0 Å². The van der Waals surface area contributed by atoms with Crippen LogP contribution in [0.2, 0.25) is 10.0 Å². The van der Waals surface area contributed by atoms with Gasteiger partial charge in [-0.3, -0.25) is 0 Å². The van der Waals surface area contributed by atoms with Gasteiger partial charge in [-0.1, -0.05) is 29.3 Å². The summed E-state index contributed by atoms with van der Waals surface area (Å²) in [6.45, 7) is 0. The summed E-state index contributed by atoms with van der Waals surface area (Å²) in [6, 6.07) is 13.0. The minimum atomic E-state index is 0.469. The van der Waals surface area contributed by atoms with Gasteiger partial charge >= 0.3 is 0 Å². The maximum Gasteiger partial charge on any atom is 0.212 e. The molecule has 3 aromatic heterocycles. The van der Waals surface area contributed by atoms with Crippen LogP contribution in [0.4, 0.5) is 0 Å². The quantitative estimate of drug-likeness (QED) is 0.417. The van der Waals surface area contributed by atoms with Crippen molar-refractivity contribution in [2.24, 2.45) is 0 Å². The number of ether oxygens (including phenoxy) is 1. The Kier molecular flexibility index (Phi) is 5.22. The van der Waals surface area contributed by atoms with Crippen molar-refractivity contribution < 1.29 is 4.74 Å². The molecule has 0 spiro atoms. The summed E-state index contributed by atoms with van der Waals surface area (Å²) in [4.78, 5) is 11.9. The number of methoxy groups -OCH3 is 1. The van der Waals surface area contributed by atoms with Crippen molar-refractivity contribution in [1.29, 1.82) is 5.26 Å². The van der Waals surface area contributed by atoms with E-state index in [0.29, 0.717) is 27.1 Å². The summed E-state index contributed by atoms with van der Waals surface area (Å²) in [5.41, 5.74) is 4.73. The Morgan fingerprint density at radius 2 is 1.90 bits per heavy atom. The maximum atomic E-state index is 9.35. The fraction of sp³-hybridized carbons (Fsp3) is 0.0455. The van der Waals surface area contributed by atoms with Crippen LogP contribution in [0.1, 0.15) is 11.1 Å². The number of rotatable bonds is 4. The molecule has 5 nitrogen and oxygen atoms in total. The van der Waals surface area contributed by atoms with Crippen molar-refractivity contribution in [3.8, 4) is 23.1 Å². The van der Waals surface area contributed by atoms with E-state index in [1.54, 1.807) is 43.8 Å². The van der Waals surface area contributed by atoms with E-state index in [0.717, 1.165) is 27.6 Å². The Bertz CT molecular complexity index is 1270. The molecular weight excluding hydrogens is 407 g/mol. The van der Waals surface area contributed by atoms with Crippen LogP contribution in [0.15, 0.2) is 61.1 Å². The summed E-state index contributed by atoms with van der Waals surface area (Å²) in [5, 5.41) is 11.2. The van der Waals surface area contributed by atoms with Gasteiger partial charge in [0, 0.05) is 74.0 Å². The SMILES string of the molecule is COc1ccc(-c2cnc3[nH]cc(/C(=C/C#N)c4ccc(Cl)cc4Cl)c3c2)cn1. The van der Waals surface area contributed by atoms with E-state index >= 15 is 0 Å². The van der Waals surface area contributed by atoms with Crippen molar-refractivity contribution in [3.05, 3.63) is 82.2 Å². The molecule has 0 fully saturated rings. The normalized spacial score (nSPS) is 11.4. The average Bonchev–Trinajstić information content (AvgIpc) is 3.15. The highest BCUT2D eigenvalue weighted by Crippen LogP contribution is 2.35. The number of hydrogen-bond acceptors (Lipinski definition) is 4. The molecular formula is C22H14Cl2N4O. The Balaban J connectivity index is 1.86. The third-order valence-corrected chi connectivity index (χ3v) is 5.08. The number of nitrogens with one attached hydrogen (secondary N) is 1. The number of nitriles is 1. The predicted octanol–water partition coefficient (Wildman–Crippen LogP) is 5.90. The molecule has 0 aliphatic rings. The minimum absolute atomic E-state index is 0.469. The van der Waals surface area contributed by atoms with Crippen LogP contribution in [-0.2, 0) is 0 Å². The minimum Gasteiger partial charge on any atom is -0.481 e. The van der Waals surface area contributed by atoms with Crippen LogP contribution >= 0.6 is 23.2 Å². The molecule has 4 rings (SSSR count). The second-order valence-electron chi connectivity index (χ2n) is 6.22. The highest BCUT2D eigenvalue weighted by Gasteiger charge is 2.15. The molecule has 1 aromatic carbocycles. The lowest BCUT2D eigenvalue weighted by Crippen LogP contribution is -1.90. The van der Waals surface area contributed by atoms with E-state index in [9.17, 15) is 5.26 Å². The number of fused-ring (bicyclic) bond motifs is 1. The monoisotopic (exact) mass is 420 g/mol. The van der Waals surface area contributed by atoms with E-state index in [4.69, 9.17) is 27.9 Å². The zero-order chi connectivity index (χ0) is 20.4. The third kappa shape index (κ3) is 3.68. The second-order valence-corrected chi connectivity index (χ2v) is 7.07. The van der Waals surface area contributed by atoms with Crippen LogP contribution in [0.5, 0.6) is 5.88 Å². The number of allylic oxidation sites excluding steroid dienone is 1. The topological polar surface area (TPSA) is 74.6 Å². The van der Waals surface area contributed by atoms with Gasteiger partial charge < -0.3 is 9.72 Å². The Labute approximate surface area is 177 Å². The van der Waals surface area contributed by atoms with Crippen LogP contribution in [0.25, 0.3) is 27.7 Å². The predicted molar refractivity (Wildman–Crippen MR) is 115 cm³/mol. The molecule has 0 aliphatic carbocycles. The molecule has 0 saturated carbocycles. The lowest BCUT2D eigenvalue weighted by molar-refractivity contribution is 0.398. The van der Waals surface area contributed by atoms with Gasteiger partial charge in [-0.2, -0.15) is 5.26 Å². The van der Waals surface area contributed by atoms with Gasteiger partial charge in [0.1, 0.15) is 5.65 Å². The first-order valence-corrected chi connectivity index (χ1v) is 9.39.